The highest BCUT2D eigenvalue weighted by Crippen LogP contribution is 2.30. The number of ether oxygens (including phenoxy) is 1. The Kier molecular flexibility index (Phi) is 7.46. The van der Waals surface area contributed by atoms with Crippen LogP contribution in [0.3, 0.4) is 0 Å². The third-order valence-electron chi connectivity index (χ3n) is 5.18. The molecule has 1 amide bonds. The van der Waals surface area contributed by atoms with E-state index in [9.17, 15) is 9.59 Å². The van der Waals surface area contributed by atoms with Gasteiger partial charge in [0.1, 0.15) is 0 Å². The molecule has 1 saturated heterocycles. The van der Waals surface area contributed by atoms with Crippen LogP contribution < -0.4 is 0 Å². The average molecular weight is 438 g/mol. The topological polar surface area (TPSA) is 64.4 Å². The van der Waals surface area contributed by atoms with Crippen LogP contribution in [0.4, 0.5) is 0 Å². The number of thioether (sulfide) groups is 1. The van der Waals surface area contributed by atoms with E-state index in [0.29, 0.717) is 37.6 Å². The number of amides is 1. The highest BCUT2D eigenvalue weighted by Gasteiger charge is 2.31. The lowest BCUT2D eigenvalue weighted by Gasteiger charge is -2.32. The first-order valence-electron chi connectivity index (χ1n) is 10.2. The fourth-order valence-electron chi connectivity index (χ4n) is 3.67. The SMILES string of the molecule is CCCn1c(SC(C)C(=O)N2CCC(C(=O)OCC)CC2)nc2cc(Cl)ccc21. The summed E-state index contributed by atoms with van der Waals surface area (Å²) in [5.74, 6) is -0.153. The first-order valence-corrected chi connectivity index (χ1v) is 11.5. The van der Waals surface area contributed by atoms with Crippen LogP contribution in [0.2, 0.25) is 5.02 Å². The van der Waals surface area contributed by atoms with Crippen LogP contribution in [0.1, 0.15) is 40.0 Å². The van der Waals surface area contributed by atoms with E-state index in [1.54, 1.807) is 0 Å². The summed E-state index contributed by atoms with van der Waals surface area (Å²) in [4.78, 5) is 31.5. The van der Waals surface area contributed by atoms with Gasteiger partial charge in [0, 0.05) is 24.7 Å². The molecule has 3 rings (SSSR count). The molecule has 0 spiro atoms. The standard InChI is InChI=1S/C21H28ClN3O3S/c1-4-10-25-18-7-6-16(22)13-17(18)23-21(25)29-14(3)19(26)24-11-8-15(9-12-24)20(27)28-5-2/h6-7,13-15H,4-5,8-12H2,1-3H3. The lowest BCUT2D eigenvalue weighted by molar-refractivity contribution is -0.151. The molecule has 0 N–H and O–H groups in total. The second-order valence-electron chi connectivity index (χ2n) is 7.29. The van der Waals surface area contributed by atoms with Crippen LogP contribution >= 0.6 is 23.4 Å². The molecule has 0 bridgehead atoms. The molecule has 1 unspecified atom stereocenters. The summed E-state index contributed by atoms with van der Waals surface area (Å²) < 4.78 is 7.27. The molecule has 1 aromatic heterocycles. The Morgan fingerprint density at radius 2 is 2.03 bits per heavy atom. The van der Waals surface area contributed by atoms with Gasteiger partial charge in [0.2, 0.25) is 5.91 Å². The molecular weight excluding hydrogens is 410 g/mol. The van der Waals surface area contributed by atoms with Crippen LogP contribution in [-0.4, -0.2) is 51.3 Å². The summed E-state index contributed by atoms with van der Waals surface area (Å²) in [5, 5.41) is 1.24. The van der Waals surface area contributed by atoms with Gasteiger partial charge >= 0.3 is 5.97 Å². The fraction of sp³-hybridized carbons (Fsp3) is 0.571. The smallest absolute Gasteiger partial charge is 0.309 e. The predicted molar refractivity (Wildman–Crippen MR) is 116 cm³/mol. The van der Waals surface area contributed by atoms with Crippen molar-refractivity contribution in [1.29, 1.82) is 0 Å². The van der Waals surface area contributed by atoms with Crippen molar-refractivity contribution in [2.45, 2.75) is 57.0 Å². The lowest BCUT2D eigenvalue weighted by atomic mass is 9.97. The van der Waals surface area contributed by atoms with Crippen LogP contribution in [0, 0.1) is 5.92 Å². The maximum absolute atomic E-state index is 13.0. The predicted octanol–water partition coefficient (Wildman–Crippen LogP) is 4.38. The van der Waals surface area contributed by atoms with Gasteiger partial charge in [-0.25, -0.2) is 4.98 Å². The molecule has 0 saturated carbocycles. The van der Waals surface area contributed by atoms with Gasteiger partial charge in [-0.2, -0.15) is 0 Å². The summed E-state index contributed by atoms with van der Waals surface area (Å²) in [6.45, 7) is 8.28. The van der Waals surface area contributed by atoms with E-state index in [1.165, 1.54) is 11.8 Å². The fourth-order valence-corrected chi connectivity index (χ4v) is 4.87. The Hall–Kier alpha value is -1.73. The van der Waals surface area contributed by atoms with Crippen LogP contribution in [-0.2, 0) is 20.9 Å². The van der Waals surface area contributed by atoms with E-state index in [1.807, 2.05) is 36.9 Å². The average Bonchev–Trinajstić information content (AvgIpc) is 3.04. The number of fused-ring (bicyclic) bond motifs is 1. The number of aryl methyl sites for hydroxylation is 1. The second kappa shape index (κ2) is 9.85. The minimum absolute atomic E-state index is 0.0884. The molecular formula is C21H28ClN3O3S. The van der Waals surface area contributed by atoms with Gasteiger partial charge in [-0.05, 0) is 51.3 Å². The van der Waals surface area contributed by atoms with E-state index in [0.717, 1.165) is 29.2 Å². The summed E-state index contributed by atoms with van der Waals surface area (Å²) in [6.07, 6.45) is 2.30. The molecule has 1 fully saturated rings. The number of likely N-dealkylation sites (tertiary alicyclic amines) is 1. The number of aromatic nitrogens is 2. The van der Waals surface area contributed by atoms with Gasteiger partial charge < -0.3 is 14.2 Å². The number of piperidine rings is 1. The molecule has 6 nitrogen and oxygen atoms in total. The van der Waals surface area contributed by atoms with Crippen LogP contribution in [0.15, 0.2) is 23.4 Å². The van der Waals surface area contributed by atoms with Crippen molar-refractivity contribution >= 4 is 46.3 Å². The number of esters is 1. The Balaban J connectivity index is 1.67. The van der Waals surface area contributed by atoms with Crippen molar-refractivity contribution in [3.05, 3.63) is 23.2 Å². The highest BCUT2D eigenvalue weighted by molar-refractivity contribution is 8.00. The van der Waals surface area contributed by atoms with Gasteiger partial charge in [-0.3, -0.25) is 9.59 Å². The number of rotatable bonds is 7. The molecule has 2 heterocycles. The minimum Gasteiger partial charge on any atom is -0.466 e. The number of nitrogens with zero attached hydrogens (tertiary/aromatic N) is 3. The zero-order valence-corrected chi connectivity index (χ0v) is 18.8. The van der Waals surface area contributed by atoms with Crippen molar-refractivity contribution in [2.24, 2.45) is 5.92 Å². The molecule has 1 atom stereocenters. The van der Waals surface area contributed by atoms with Gasteiger partial charge in [-0.15, -0.1) is 0 Å². The maximum Gasteiger partial charge on any atom is 0.309 e. The molecule has 1 aliphatic rings. The summed E-state index contributed by atoms with van der Waals surface area (Å²) >= 11 is 7.60. The number of imidazole rings is 1. The first-order chi connectivity index (χ1) is 13.9. The zero-order valence-electron chi connectivity index (χ0n) is 17.2. The van der Waals surface area contributed by atoms with Crippen molar-refractivity contribution in [1.82, 2.24) is 14.5 Å². The quantitative estimate of drug-likeness (QED) is 0.475. The third kappa shape index (κ3) is 5.07. The van der Waals surface area contributed by atoms with E-state index in [4.69, 9.17) is 21.3 Å². The summed E-state index contributed by atoms with van der Waals surface area (Å²) in [7, 11) is 0. The maximum atomic E-state index is 13.0. The highest BCUT2D eigenvalue weighted by atomic mass is 35.5. The Morgan fingerprint density at radius 3 is 2.69 bits per heavy atom. The Labute approximate surface area is 180 Å². The largest absolute Gasteiger partial charge is 0.466 e. The van der Waals surface area contributed by atoms with E-state index >= 15 is 0 Å². The Bertz CT molecular complexity index is 877. The number of benzene rings is 1. The van der Waals surface area contributed by atoms with Crippen LogP contribution in [0.5, 0.6) is 0 Å². The van der Waals surface area contributed by atoms with Crippen molar-refractivity contribution < 1.29 is 14.3 Å². The van der Waals surface area contributed by atoms with E-state index < -0.39 is 0 Å². The number of carbonyl (C=O) groups is 2. The number of hydrogen-bond acceptors (Lipinski definition) is 5. The second-order valence-corrected chi connectivity index (χ2v) is 9.04. The summed E-state index contributed by atoms with van der Waals surface area (Å²) in [6, 6.07) is 5.71. The zero-order chi connectivity index (χ0) is 21.0. The van der Waals surface area contributed by atoms with Gasteiger partial charge in [0.25, 0.3) is 0 Å². The number of carbonyl (C=O) groups excluding carboxylic acids is 2. The van der Waals surface area contributed by atoms with E-state index in [2.05, 4.69) is 11.5 Å². The molecule has 158 valence electrons. The third-order valence-corrected chi connectivity index (χ3v) is 6.49. The minimum atomic E-state index is -0.253. The van der Waals surface area contributed by atoms with Crippen molar-refractivity contribution in [3.63, 3.8) is 0 Å². The molecule has 1 aliphatic heterocycles. The number of halogens is 1. The summed E-state index contributed by atoms with van der Waals surface area (Å²) in [5.41, 5.74) is 1.89. The van der Waals surface area contributed by atoms with Crippen molar-refractivity contribution in [3.8, 4) is 0 Å². The molecule has 8 heteroatoms. The molecule has 0 aliphatic carbocycles. The Morgan fingerprint density at radius 1 is 1.31 bits per heavy atom. The first kappa shape index (κ1) is 22.0. The molecule has 2 aromatic rings. The molecule has 29 heavy (non-hydrogen) atoms. The normalized spacial score (nSPS) is 16.2. The monoisotopic (exact) mass is 437 g/mol. The lowest BCUT2D eigenvalue weighted by Crippen LogP contribution is -2.43. The van der Waals surface area contributed by atoms with Gasteiger partial charge in [0.05, 0.1) is 28.8 Å². The van der Waals surface area contributed by atoms with Crippen molar-refractivity contribution in [2.75, 3.05) is 19.7 Å². The molecule has 0 radical (unpaired) electrons. The molecule has 1 aromatic carbocycles. The van der Waals surface area contributed by atoms with Gasteiger partial charge in [-0.1, -0.05) is 30.3 Å². The number of hydrogen-bond donors (Lipinski definition) is 0. The van der Waals surface area contributed by atoms with Gasteiger partial charge in [0.15, 0.2) is 5.16 Å². The van der Waals surface area contributed by atoms with Crippen LogP contribution in [0.25, 0.3) is 11.0 Å². The van der Waals surface area contributed by atoms with E-state index in [-0.39, 0.29) is 23.0 Å².